The normalized spacial score (nSPS) is 12.0. The summed E-state index contributed by atoms with van der Waals surface area (Å²) < 4.78 is 5.89. The Balaban J connectivity index is 1.84. The van der Waals surface area contributed by atoms with Crippen LogP contribution in [-0.2, 0) is 28.0 Å². The van der Waals surface area contributed by atoms with Gasteiger partial charge in [0.2, 0.25) is 5.91 Å². The van der Waals surface area contributed by atoms with E-state index in [9.17, 15) is 9.59 Å². The summed E-state index contributed by atoms with van der Waals surface area (Å²) >= 11 is 0. The van der Waals surface area contributed by atoms with Crippen molar-refractivity contribution in [1.29, 1.82) is 0 Å². The van der Waals surface area contributed by atoms with Gasteiger partial charge in [0.05, 0.1) is 0 Å². The molecule has 0 saturated carbocycles. The minimum atomic E-state index is -0.654. The molecule has 0 aliphatic rings. The fourth-order valence-electron chi connectivity index (χ4n) is 3.98. The molecule has 0 radical (unpaired) electrons. The number of nitrogens with zero attached hydrogens (tertiary/aromatic N) is 1. The first-order chi connectivity index (χ1) is 17.3. The lowest BCUT2D eigenvalue weighted by Crippen LogP contribution is -2.51. The van der Waals surface area contributed by atoms with Gasteiger partial charge in [-0.1, -0.05) is 100 Å². The molecule has 0 spiro atoms. The highest BCUT2D eigenvalue weighted by Gasteiger charge is 2.30. The van der Waals surface area contributed by atoms with E-state index in [1.165, 1.54) is 5.56 Å². The molecule has 5 nitrogen and oxygen atoms in total. The van der Waals surface area contributed by atoms with Crippen LogP contribution in [-0.4, -0.2) is 35.9 Å². The van der Waals surface area contributed by atoms with Gasteiger partial charge < -0.3 is 15.0 Å². The Morgan fingerprint density at radius 3 is 2.00 bits per heavy atom. The van der Waals surface area contributed by atoms with Gasteiger partial charge in [0.1, 0.15) is 11.8 Å². The number of hydrogen-bond donors (Lipinski definition) is 1. The molecule has 0 bridgehead atoms. The molecule has 0 aromatic heterocycles. The van der Waals surface area contributed by atoms with Crippen LogP contribution in [0.2, 0.25) is 0 Å². The van der Waals surface area contributed by atoms with Crippen LogP contribution in [0.4, 0.5) is 0 Å². The van der Waals surface area contributed by atoms with Gasteiger partial charge in [0.25, 0.3) is 5.91 Å². The van der Waals surface area contributed by atoms with Gasteiger partial charge in [0.15, 0.2) is 6.61 Å². The predicted molar refractivity (Wildman–Crippen MR) is 145 cm³/mol. The molecule has 1 N–H and O–H groups in total. The lowest BCUT2D eigenvalue weighted by Gasteiger charge is -2.31. The molecule has 3 aromatic carbocycles. The van der Waals surface area contributed by atoms with Gasteiger partial charge in [-0.15, -0.1) is 0 Å². The number of benzene rings is 3. The average molecular weight is 487 g/mol. The van der Waals surface area contributed by atoms with Crippen molar-refractivity contribution in [3.8, 4) is 5.75 Å². The fourth-order valence-corrected chi connectivity index (χ4v) is 3.98. The van der Waals surface area contributed by atoms with Crippen LogP contribution in [0.15, 0.2) is 84.9 Å². The molecule has 0 saturated heterocycles. The van der Waals surface area contributed by atoms with Crippen molar-refractivity contribution in [2.45, 2.75) is 58.5 Å². The Kier molecular flexibility index (Phi) is 9.69. The molecule has 0 heterocycles. The Morgan fingerprint density at radius 1 is 0.861 bits per heavy atom. The number of amides is 2. The minimum absolute atomic E-state index is 0.0390. The van der Waals surface area contributed by atoms with E-state index >= 15 is 0 Å². The number of hydrogen-bond acceptors (Lipinski definition) is 3. The van der Waals surface area contributed by atoms with Crippen LogP contribution in [0, 0.1) is 0 Å². The minimum Gasteiger partial charge on any atom is -0.484 e. The Bertz CT molecular complexity index is 1090. The molecule has 0 fully saturated rings. The smallest absolute Gasteiger partial charge is 0.261 e. The predicted octanol–water partition coefficient (Wildman–Crippen LogP) is 5.53. The fraction of sp³-hybridized carbons (Fsp3) is 0.355. The molecule has 190 valence electrons. The number of carbonyl (C=O) groups is 2. The van der Waals surface area contributed by atoms with Crippen LogP contribution in [0.25, 0.3) is 0 Å². The van der Waals surface area contributed by atoms with Crippen LogP contribution >= 0.6 is 0 Å². The second-order valence-electron chi connectivity index (χ2n) is 10.1. The Labute approximate surface area is 215 Å². The third-order valence-electron chi connectivity index (χ3n) is 6.10. The van der Waals surface area contributed by atoms with Gasteiger partial charge >= 0.3 is 0 Å². The molecule has 0 aliphatic carbocycles. The lowest BCUT2D eigenvalue weighted by atomic mass is 9.87. The number of carbonyl (C=O) groups excluding carboxylic acids is 2. The summed E-state index contributed by atoms with van der Waals surface area (Å²) in [4.78, 5) is 28.5. The summed E-state index contributed by atoms with van der Waals surface area (Å²) in [6.45, 7) is 9.22. The first kappa shape index (κ1) is 27.0. The van der Waals surface area contributed by atoms with E-state index in [2.05, 4.69) is 26.1 Å². The third kappa shape index (κ3) is 7.98. The van der Waals surface area contributed by atoms with Crippen LogP contribution < -0.4 is 10.1 Å². The standard InChI is InChI=1S/C31H38N2O3/c1-5-20-32-30(35)28(21-24-12-8-6-9-13-24)33(22-25-14-10-7-11-15-25)29(34)23-36-27-18-16-26(17-19-27)31(2,3)4/h6-19,28H,5,20-23H2,1-4H3,(H,32,35)/t28-/m1/s1. The molecule has 0 aliphatic heterocycles. The monoisotopic (exact) mass is 486 g/mol. The molecule has 36 heavy (non-hydrogen) atoms. The van der Waals surface area contributed by atoms with Crippen molar-refractivity contribution in [3.05, 3.63) is 102 Å². The zero-order valence-corrected chi connectivity index (χ0v) is 21.9. The van der Waals surface area contributed by atoms with Crippen molar-refractivity contribution in [2.75, 3.05) is 13.2 Å². The van der Waals surface area contributed by atoms with E-state index in [1.54, 1.807) is 4.90 Å². The van der Waals surface area contributed by atoms with E-state index in [0.29, 0.717) is 25.3 Å². The number of ether oxygens (including phenoxy) is 1. The molecule has 5 heteroatoms. The largest absolute Gasteiger partial charge is 0.484 e. The summed E-state index contributed by atoms with van der Waals surface area (Å²) in [7, 11) is 0. The maximum atomic E-state index is 13.6. The molecule has 3 aromatic rings. The topological polar surface area (TPSA) is 58.6 Å². The zero-order chi connectivity index (χ0) is 26.0. The molecule has 0 unspecified atom stereocenters. The maximum Gasteiger partial charge on any atom is 0.261 e. The summed E-state index contributed by atoms with van der Waals surface area (Å²) in [5, 5.41) is 2.99. The van der Waals surface area contributed by atoms with Crippen molar-refractivity contribution < 1.29 is 14.3 Å². The Hall–Kier alpha value is -3.60. The highest BCUT2D eigenvalue weighted by molar-refractivity contribution is 5.88. The zero-order valence-electron chi connectivity index (χ0n) is 21.9. The Morgan fingerprint density at radius 2 is 1.44 bits per heavy atom. The SMILES string of the molecule is CCCNC(=O)[C@@H](Cc1ccccc1)N(Cc1ccccc1)C(=O)COc1ccc(C(C)(C)C)cc1. The van der Waals surface area contributed by atoms with Crippen molar-refractivity contribution in [3.63, 3.8) is 0 Å². The van der Waals surface area contributed by atoms with Crippen molar-refractivity contribution in [2.24, 2.45) is 0 Å². The highest BCUT2D eigenvalue weighted by atomic mass is 16.5. The third-order valence-corrected chi connectivity index (χ3v) is 6.10. The van der Waals surface area contributed by atoms with Crippen molar-refractivity contribution in [1.82, 2.24) is 10.2 Å². The van der Waals surface area contributed by atoms with Gasteiger partial charge in [-0.2, -0.15) is 0 Å². The lowest BCUT2D eigenvalue weighted by molar-refractivity contribution is -0.142. The molecule has 3 rings (SSSR count). The summed E-state index contributed by atoms with van der Waals surface area (Å²) in [6.07, 6.45) is 1.25. The summed E-state index contributed by atoms with van der Waals surface area (Å²) in [5.41, 5.74) is 3.19. The van der Waals surface area contributed by atoms with Gasteiger partial charge in [-0.25, -0.2) is 0 Å². The molecular weight excluding hydrogens is 448 g/mol. The average Bonchev–Trinajstić information content (AvgIpc) is 2.88. The summed E-state index contributed by atoms with van der Waals surface area (Å²) in [6, 6.07) is 26.8. The van der Waals surface area contributed by atoms with E-state index < -0.39 is 6.04 Å². The number of rotatable bonds is 11. The molecule has 1 atom stereocenters. The van der Waals surface area contributed by atoms with Gasteiger partial charge in [-0.05, 0) is 40.7 Å². The maximum absolute atomic E-state index is 13.6. The highest BCUT2D eigenvalue weighted by Crippen LogP contribution is 2.24. The van der Waals surface area contributed by atoms with Crippen LogP contribution in [0.5, 0.6) is 5.75 Å². The summed E-state index contributed by atoms with van der Waals surface area (Å²) in [5.74, 6) is 0.247. The first-order valence-corrected chi connectivity index (χ1v) is 12.7. The quantitative estimate of drug-likeness (QED) is 0.388. The first-order valence-electron chi connectivity index (χ1n) is 12.7. The number of nitrogens with one attached hydrogen (secondary N) is 1. The molecular formula is C31H38N2O3. The van der Waals surface area contributed by atoms with E-state index in [4.69, 9.17) is 4.74 Å². The van der Waals surface area contributed by atoms with E-state index in [0.717, 1.165) is 17.5 Å². The van der Waals surface area contributed by atoms with E-state index in [-0.39, 0.29) is 23.8 Å². The molecule has 2 amide bonds. The van der Waals surface area contributed by atoms with Gasteiger partial charge in [0, 0.05) is 19.5 Å². The van der Waals surface area contributed by atoms with Gasteiger partial charge in [-0.3, -0.25) is 9.59 Å². The van der Waals surface area contributed by atoms with Crippen molar-refractivity contribution >= 4 is 11.8 Å². The van der Waals surface area contributed by atoms with Crippen LogP contribution in [0.3, 0.4) is 0 Å². The van der Waals surface area contributed by atoms with E-state index in [1.807, 2.05) is 91.9 Å². The second-order valence-corrected chi connectivity index (χ2v) is 10.1. The second kappa shape index (κ2) is 12.9. The van der Waals surface area contributed by atoms with Crippen LogP contribution in [0.1, 0.15) is 50.8 Å².